The monoisotopic (exact) mass is 319 g/mol. The Labute approximate surface area is 136 Å². The highest BCUT2D eigenvalue weighted by Gasteiger charge is 2.28. The zero-order valence-corrected chi connectivity index (χ0v) is 13.6. The van der Waals surface area contributed by atoms with E-state index in [-0.39, 0.29) is 18.1 Å². The summed E-state index contributed by atoms with van der Waals surface area (Å²) < 4.78 is 5.44. The fraction of sp³-hybridized carbons (Fsp3) is 0.688. The summed E-state index contributed by atoms with van der Waals surface area (Å²) in [5.74, 6) is 0.706. The molecule has 2 atom stereocenters. The number of aromatic nitrogens is 2. The van der Waals surface area contributed by atoms with Gasteiger partial charge in [0, 0.05) is 39.3 Å². The molecular weight excluding hydrogens is 294 g/mol. The number of nitrogens with zero attached hydrogens (tertiary/aromatic N) is 4. The van der Waals surface area contributed by atoms with Crippen molar-refractivity contribution in [3.63, 3.8) is 0 Å². The van der Waals surface area contributed by atoms with Gasteiger partial charge in [-0.1, -0.05) is 0 Å². The normalized spacial score (nSPS) is 25.5. The lowest BCUT2D eigenvalue weighted by atomic mass is 10.0. The van der Waals surface area contributed by atoms with E-state index in [1.165, 1.54) is 6.42 Å². The molecule has 0 aromatic carbocycles. The molecule has 23 heavy (non-hydrogen) atoms. The molecule has 0 radical (unpaired) electrons. The van der Waals surface area contributed by atoms with Crippen LogP contribution in [0.3, 0.4) is 0 Å². The summed E-state index contributed by atoms with van der Waals surface area (Å²) in [4.78, 5) is 25.3. The summed E-state index contributed by atoms with van der Waals surface area (Å²) in [6.07, 6.45) is 7.41. The Morgan fingerprint density at radius 3 is 2.78 bits per heavy atom. The number of anilines is 1. The molecule has 7 nitrogen and oxygen atoms in total. The van der Waals surface area contributed by atoms with Crippen LogP contribution in [0.15, 0.2) is 12.4 Å². The van der Waals surface area contributed by atoms with Gasteiger partial charge >= 0.3 is 0 Å². The molecule has 0 bridgehead atoms. The lowest BCUT2D eigenvalue weighted by molar-refractivity contribution is 0.0714. The van der Waals surface area contributed by atoms with Crippen LogP contribution in [0.1, 0.15) is 36.2 Å². The van der Waals surface area contributed by atoms with Crippen LogP contribution in [0.5, 0.6) is 0 Å². The van der Waals surface area contributed by atoms with Crippen molar-refractivity contribution >= 4 is 11.7 Å². The largest absolute Gasteiger partial charge is 0.378 e. The summed E-state index contributed by atoms with van der Waals surface area (Å²) in [6.45, 7) is 3.11. The first-order valence-electron chi connectivity index (χ1n) is 8.33. The predicted molar refractivity (Wildman–Crippen MR) is 87.4 cm³/mol. The van der Waals surface area contributed by atoms with E-state index < -0.39 is 0 Å². The summed E-state index contributed by atoms with van der Waals surface area (Å²) in [7, 11) is 1.68. The zero-order valence-electron chi connectivity index (χ0n) is 13.6. The second kappa shape index (κ2) is 7.23. The van der Waals surface area contributed by atoms with E-state index in [0.717, 1.165) is 44.7 Å². The van der Waals surface area contributed by atoms with Crippen LogP contribution in [-0.2, 0) is 4.74 Å². The van der Waals surface area contributed by atoms with Crippen LogP contribution in [0.25, 0.3) is 0 Å². The Bertz CT molecular complexity index is 547. The number of piperidine rings is 2. The Morgan fingerprint density at radius 2 is 2.04 bits per heavy atom. The molecule has 126 valence electrons. The average molecular weight is 319 g/mol. The maximum Gasteiger partial charge on any atom is 0.274 e. The highest BCUT2D eigenvalue weighted by atomic mass is 16.5. The molecule has 2 fully saturated rings. The van der Waals surface area contributed by atoms with Gasteiger partial charge in [0.1, 0.15) is 11.5 Å². The fourth-order valence-corrected chi connectivity index (χ4v) is 3.26. The van der Waals surface area contributed by atoms with E-state index >= 15 is 0 Å². The van der Waals surface area contributed by atoms with Gasteiger partial charge in [0.05, 0.1) is 18.5 Å². The Balaban J connectivity index is 1.73. The molecule has 7 heteroatoms. The first-order chi connectivity index (χ1) is 11.2. The summed E-state index contributed by atoms with van der Waals surface area (Å²) in [5, 5.41) is 0. The van der Waals surface area contributed by atoms with Crippen LogP contribution in [0.4, 0.5) is 5.82 Å². The van der Waals surface area contributed by atoms with Gasteiger partial charge in [0.25, 0.3) is 5.91 Å². The second-order valence-electron chi connectivity index (χ2n) is 6.29. The predicted octanol–water partition coefficient (Wildman–Crippen LogP) is 0.655. The molecule has 3 rings (SSSR count). The Hall–Kier alpha value is -1.73. The fourth-order valence-electron chi connectivity index (χ4n) is 3.26. The van der Waals surface area contributed by atoms with Crippen LogP contribution in [-0.4, -0.2) is 66.2 Å². The molecule has 2 N–H and O–H groups in total. The van der Waals surface area contributed by atoms with Gasteiger partial charge in [-0.3, -0.25) is 9.78 Å². The van der Waals surface area contributed by atoms with Crippen molar-refractivity contribution in [2.75, 3.05) is 38.2 Å². The molecule has 1 amide bonds. The van der Waals surface area contributed by atoms with Crippen molar-refractivity contribution in [2.45, 2.75) is 37.8 Å². The van der Waals surface area contributed by atoms with Crippen molar-refractivity contribution in [1.29, 1.82) is 0 Å². The molecule has 1 aromatic heterocycles. The molecule has 3 heterocycles. The van der Waals surface area contributed by atoms with E-state index in [0.29, 0.717) is 12.2 Å². The SMILES string of the molecule is CO[C@H]1CN(c2cncc(C(=O)N3CCCCC3)n2)CC[C@H]1N. The summed E-state index contributed by atoms with van der Waals surface area (Å²) in [5.41, 5.74) is 6.48. The highest BCUT2D eigenvalue weighted by Crippen LogP contribution is 2.19. The molecule has 2 saturated heterocycles. The first-order valence-corrected chi connectivity index (χ1v) is 8.33. The molecule has 0 spiro atoms. The number of carbonyl (C=O) groups is 1. The topological polar surface area (TPSA) is 84.6 Å². The third-order valence-corrected chi connectivity index (χ3v) is 4.72. The quantitative estimate of drug-likeness (QED) is 0.881. The van der Waals surface area contributed by atoms with E-state index in [4.69, 9.17) is 10.5 Å². The van der Waals surface area contributed by atoms with Gasteiger partial charge in [-0.05, 0) is 25.7 Å². The number of methoxy groups -OCH3 is 1. The maximum absolute atomic E-state index is 12.6. The summed E-state index contributed by atoms with van der Waals surface area (Å²) >= 11 is 0. The Morgan fingerprint density at radius 1 is 1.26 bits per heavy atom. The number of nitrogens with two attached hydrogens (primary N) is 1. The van der Waals surface area contributed by atoms with Crippen molar-refractivity contribution in [1.82, 2.24) is 14.9 Å². The second-order valence-corrected chi connectivity index (χ2v) is 6.29. The van der Waals surface area contributed by atoms with Crippen molar-refractivity contribution < 1.29 is 9.53 Å². The first kappa shape index (κ1) is 16.1. The number of ether oxygens (including phenoxy) is 1. The van der Waals surface area contributed by atoms with Crippen LogP contribution < -0.4 is 10.6 Å². The van der Waals surface area contributed by atoms with Gasteiger partial charge in [-0.25, -0.2) is 4.98 Å². The molecule has 1 aromatic rings. The minimum absolute atomic E-state index is 0.0175. The van der Waals surface area contributed by atoms with Crippen LogP contribution in [0.2, 0.25) is 0 Å². The zero-order chi connectivity index (χ0) is 16.2. The van der Waals surface area contributed by atoms with Gasteiger partial charge < -0.3 is 20.3 Å². The third kappa shape index (κ3) is 3.61. The Kier molecular flexibility index (Phi) is 5.07. The minimum Gasteiger partial charge on any atom is -0.378 e. The third-order valence-electron chi connectivity index (χ3n) is 4.72. The van der Waals surface area contributed by atoms with Crippen LogP contribution >= 0.6 is 0 Å². The number of hydrogen-bond acceptors (Lipinski definition) is 6. The number of likely N-dealkylation sites (tertiary alicyclic amines) is 1. The molecule has 0 saturated carbocycles. The number of rotatable bonds is 3. The standard InChI is InChI=1S/C16H25N5O2/c1-23-14-11-21(8-5-12(14)17)15-10-18-9-13(19-15)16(22)20-6-3-2-4-7-20/h9-10,12,14H,2-8,11,17H2,1H3/t12-,14+/m1/s1. The van der Waals surface area contributed by atoms with Crippen LogP contribution in [0, 0.1) is 0 Å². The number of hydrogen-bond donors (Lipinski definition) is 1. The molecular formula is C16H25N5O2. The molecule has 2 aliphatic rings. The number of carbonyl (C=O) groups excluding carboxylic acids is 1. The molecule has 2 aliphatic heterocycles. The average Bonchev–Trinajstić information content (AvgIpc) is 2.62. The summed E-state index contributed by atoms with van der Waals surface area (Å²) in [6, 6.07) is 0.0439. The maximum atomic E-state index is 12.6. The number of amides is 1. The highest BCUT2D eigenvalue weighted by molar-refractivity contribution is 5.92. The van der Waals surface area contributed by atoms with Gasteiger partial charge in [-0.2, -0.15) is 0 Å². The van der Waals surface area contributed by atoms with Crippen molar-refractivity contribution in [3.8, 4) is 0 Å². The van der Waals surface area contributed by atoms with Gasteiger partial charge in [-0.15, -0.1) is 0 Å². The lowest BCUT2D eigenvalue weighted by Crippen LogP contribution is -2.51. The van der Waals surface area contributed by atoms with E-state index in [2.05, 4.69) is 14.9 Å². The lowest BCUT2D eigenvalue weighted by Gasteiger charge is -2.36. The minimum atomic E-state index is -0.0213. The van der Waals surface area contributed by atoms with Gasteiger partial charge in [0.15, 0.2) is 0 Å². The smallest absolute Gasteiger partial charge is 0.274 e. The van der Waals surface area contributed by atoms with E-state index in [1.807, 2.05) is 4.90 Å². The van der Waals surface area contributed by atoms with Crippen molar-refractivity contribution in [3.05, 3.63) is 18.1 Å². The van der Waals surface area contributed by atoms with E-state index in [9.17, 15) is 4.79 Å². The molecule has 0 aliphatic carbocycles. The van der Waals surface area contributed by atoms with Gasteiger partial charge in [0.2, 0.25) is 0 Å². The van der Waals surface area contributed by atoms with E-state index in [1.54, 1.807) is 19.5 Å². The van der Waals surface area contributed by atoms with Crippen molar-refractivity contribution in [2.24, 2.45) is 5.73 Å². The molecule has 0 unspecified atom stereocenters.